The summed E-state index contributed by atoms with van der Waals surface area (Å²) in [7, 11) is 1.90. The highest BCUT2D eigenvalue weighted by Crippen LogP contribution is 2.41. The van der Waals surface area contributed by atoms with Gasteiger partial charge in [0.25, 0.3) is 0 Å². The lowest BCUT2D eigenvalue weighted by atomic mass is 9.73. The summed E-state index contributed by atoms with van der Waals surface area (Å²) < 4.78 is 5.30. The average Bonchev–Trinajstić information content (AvgIpc) is 2.77. The topological polar surface area (TPSA) is 51.0 Å². The van der Waals surface area contributed by atoms with Crippen molar-refractivity contribution in [2.45, 2.75) is 58.4 Å². The zero-order chi connectivity index (χ0) is 12.5. The van der Waals surface area contributed by atoms with E-state index in [0.29, 0.717) is 17.2 Å². The number of rotatable bonds is 3. The molecule has 0 aliphatic heterocycles. The van der Waals surface area contributed by atoms with Crippen LogP contribution in [0.5, 0.6) is 0 Å². The molecule has 1 atom stereocenters. The fourth-order valence-corrected chi connectivity index (χ4v) is 2.37. The van der Waals surface area contributed by atoms with Gasteiger partial charge in [-0.15, -0.1) is 0 Å². The number of nitrogens with one attached hydrogen (secondary N) is 1. The molecule has 2 rings (SSSR count). The van der Waals surface area contributed by atoms with Crippen molar-refractivity contribution >= 4 is 0 Å². The van der Waals surface area contributed by atoms with Gasteiger partial charge in [0.2, 0.25) is 5.89 Å². The summed E-state index contributed by atoms with van der Waals surface area (Å²) in [5.74, 6) is 2.09. The van der Waals surface area contributed by atoms with E-state index >= 15 is 0 Å². The second kappa shape index (κ2) is 4.77. The summed E-state index contributed by atoms with van der Waals surface area (Å²) in [4.78, 5) is 4.51. The van der Waals surface area contributed by atoms with Crippen LogP contribution in [0.3, 0.4) is 0 Å². The summed E-state index contributed by atoms with van der Waals surface area (Å²) >= 11 is 0. The SMILES string of the molecule is CNC(C)c1nc(C2CCC(C)(C)CC2)no1. The maximum absolute atomic E-state index is 5.30. The van der Waals surface area contributed by atoms with Crippen LogP contribution < -0.4 is 5.32 Å². The van der Waals surface area contributed by atoms with E-state index < -0.39 is 0 Å². The van der Waals surface area contributed by atoms with Crippen LogP contribution in [0.15, 0.2) is 4.52 Å². The second-order valence-electron chi connectivity index (χ2n) is 5.94. The van der Waals surface area contributed by atoms with Gasteiger partial charge < -0.3 is 9.84 Å². The molecule has 1 aliphatic carbocycles. The molecule has 17 heavy (non-hydrogen) atoms. The molecule has 1 unspecified atom stereocenters. The van der Waals surface area contributed by atoms with Crippen LogP contribution in [0, 0.1) is 5.41 Å². The minimum absolute atomic E-state index is 0.135. The molecule has 1 aromatic rings. The first-order valence-corrected chi connectivity index (χ1v) is 6.52. The molecule has 0 radical (unpaired) electrons. The Morgan fingerprint density at radius 1 is 1.35 bits per heavy atom. The van der Waals surface area contributed by atoms with Gasteiger partial charge in [-0.3, -0.25) is 0 Å². The largest absolute Gasteiger partial charge is 0.338 e. The van der Waals surface area contributed by atoms with Crippen LogP contribution in [-0.4, -0.2) is 17.2 Å². The zero-order valence-electron chi connectivity index (χ0n) is 11.3. The van der Waals surface area contributed by atoms with E-state index in [0.717, 1.165) is 5.82 Å². The van der Waals surface area contributed by atoms with Crippen molar-refractivity contribution in [1.82, 2.24) is 15.5 Å². The number of aromatic nitrogens is 2. The summed E-state index contributed by atoms with van der Waals surface area (Å²) in [5, 5.41) is 7.24. The Balaban J connectivity index is 2.01. The lowest BCUT2D eigenvalue weighted by Crippen LogP contribution is -2.21. The van der Waals surface area contributed by atoms with Crippen LogP contribution in [0.25, 0.3) is 0 Å². The second-order valence-corrected chi connectivity index (χ2v) is 5.94. The molecule has 0 saturated heterocycles. The van der Waals surface area contributed by atoms with Gasteiger partial charge in [-0.1, -0.05) is 19.0 Å². The van der Waals surface area contributed by atoms with Crippen molar-refractivity contribution in [1.29, 1.82) is 0 Å². The molecular formula is C13H23N3O. The fraction of sp³-hybridized carbons (Fsp3) is 0.846. The van der Waals surface area contributed by atoms with Crippen LogP contribution in [0.2, 0.25) is 0 Å². The van der Waals surface area contributed by atoms with Crippen molar-refractivity contribution in [3.05, 3.63) is 11.7 Å². The first kappa shape index (κ1) is 12.6. The molecule has 4 nitrogen and oxygen atoms in total. The first-order chi connectivity index (χ1) is 8.02. The monoisotopic (exact) mass is 237 g/mol. The van der Waals surface area contributed by atoms with E-state index in [2.05, 4.69) is 29.3 Å². The highest BCUT2D eigenvalue weighted by molar-refractivity contribution is 5.00. The van der Waals surface area contributed by atoms with Gasteiger partial charge in [-0.25, -0.2) is 0 Å². The van der Waals surface area contributed by atoms with Crippen molar-refractivity contribution in [3.8, 4) is 0 Å². The highest BCUT2D eigenvalue weighted by Gasteiger charge is 2.30. The van der Waals surface area contributed by atoms with Crippen LogP contribution in [0.4, 0.5) is 0 Å². The summed E-state index contributed by atoms with van der Waals surface area (Å²) in [6.07, 6.45) is 4.87. The molecule has 96 valence electrons. The quantitative estimate of drug-likeness (QED) is 0.878. The molecule has 1 heterocycles. The predicted octanol–water partition coefficient (Wildman–Crippen LogP) is 3.03. The molecule has 0 spiro atoms. The number of nitrogens with zero attached hydrogens (tertiary/aromatic N) is 2. The Morgan fingerprint density at radius 3 is 2.59 bits per heavy atom. The summed E-state index contributed by atoms with van der Waals surface area (Å²) in [5.41, 5.74) is 0.487. The molecule has 1 fully saturated rings. The van der Waals surface area contributed by atoms with Crippen LogP contribution in [0.1, 0.15) is 70.1 Å². The maximum atomic E-state index is 5.30. The Kier molecular flexibility index (Phi) is 3.52. The zero-order valence-corrected chi connectivity index (χ0v) is 11.3. The predicted molar refractivity (Wildman–Crippen MR) is 66.8 cm³/mol. The standard InChI is InChI=1S/C13H23N3O/c1-9(14-4)12-15-11(16-17-12)10-5-7-13(2,3)8-6-10/h9-10,14H,5-8H2,1-4H3. The van der Waals surface area contributed by atoms with Gasteiger partial charge in [0, 0.05) is 5.92 Å². The van der Waals surface area contributed by atoms with Gasteiger partial charge in [0.05, 0.1) is 6.04 Å². The van der Waals surface area contributed by atoms with E-state index in [1.54, 1.807) is 0 Å². The lowest BCUT2D eigenvalue weighted by molar-refractivity contribution is 0.218. The Hall–Kier alpha value is -0.900. The Labute approximate surface area is 103 Å². The molecule has 1 aromatic heterocycles. The molecule has 0 amide bonds. The summed E-state index contributed by atoms with van der Waals surface area (Å²) in [6, 6.07) is 0.135. The molecular weight excluding hydrogens is 214 g/mol. The normalized spacial score (nSPS) is 22.6. The third-order valence-electron chi connectivity index (χ3n) is 3.97. The average molecular weight is 237 g/mol. The van der Waals surface area contributed by atoms with E-state index in [-0.39, 0.29) is 6.04 Å². The fourth-order valence-electron chi connectivity index (χ4n) is 2.37. The molecule has 1 aliphatic rings. The molecule has 1 saturated carbocycles. The number of hydrogen-bond donors (Lipinski definition) is 1. The Bertz CT molecular complexity index is 362. The minimum Gasteiger partial charge on any atom is -0.338 e. The minimum atomic E-state index is 0.135. The highest BCUT2D eigenvalue weighted by atomic mass is 16.5. The van der Waals surface area contributed by atoms with Crippen molar-refractivity contribution in [2.75, 3.05) is 7.05 Å². The maximum Gasteiger partial charge on any atom is 0.243 e. The molecule has 1 N–H and O–H groups in total. The van der Waals surface area contributed by atoms with Crippen LogP contribution >= 0.6 is 0 Å². The van der Waals surface area contributed by atoms with Gasteiger partial charge in [0.15, 0.2) is 5.82 Å². The van der Waals surface area contributed by atoms with Gasteiger partial charge in [0.1, 0.15) is 0 Å². The Morgan fingerprint density at radius 2 is 2.00 bits per heavy atom. The smallest absolute Gasteiger partial charge is 0.243 e. The van der Waals surface area contributed by atoms with Crippen LogP contribution in [-0.2, 0) is 0 Å². The molecule has 0 aromatic carbocycles. The van der Waals surface area contributed by atoms with Crippen molar-refractivity contribution in [3.63, 3.8) is 0 Å². The number of hydrogen-bond acceptors (Lipinski definition) is 4. The molecule has 0 bridgehead atoms. The summed E-state index contributed by atoms with van der Waals surface area (Å²) in [6.45, 7) is 6.71. The van der Waals surface area contributed by atoms with Gasteiger partial charge >= 0.3 is 0 Å². The van der Waals surface area contributed by atoms with E-state index in [4.69, 9.17) is 4.52 Å². The first-order valence-electron chi connectivity index (χ1n) is 6.52. The third-order valence-corrected chi connectivity index (χ3v) is 3.97. The van der Waals surface area contributed by atoms with Crippen molar-refractivity contribution < 1.29 is 4.52 Å². The van der Waals surface area contributed by atoms with E-state index in [9.17, 15) is 0 Å². The van der Waals surface area contributed by atoms with E-state index in [1.807, 2.05) is 14.0 Å². The van der Waals surface area contributed by atoms with E-state index in [1.165, 1.54) is 25.7 Å². The van der Waals surface area contributed by atoms with Crippen molar-refractivity contribution in [2.24, 2.45) is 5.41 Å². The lowest BCUT2D eigenvalue weighted by Gasteiger charge is -2.32. The molecule has 4 heteroatoms. The van der Waals surface area contributed by atoms with Gasteiger partial charge in [-0.05, 0) is 45.1 Å². The third kappa shape index (κ3) is 2.86. The van der Waals surface area contributed by atoms with Gasteiger partial charge in [-0.2, -0.15) is 4.98 Å².